The molecule has 0 saturated heterocycles. The van der Waals surface area contributed by atoms with Crippen LogP contribution in [0.15, 0.2) is 42.5 Å². The number of carbonyl (C=O) groups is 2. The van der Waals surface area contributed by atoms with Crippen molar-refractivity contribution < 1.29 is 51.9 Å². The molecule has 2 aliphatic heterocycles. The molecule has 0 aliphatic carbocycles. The fraction of sp³-hybridized carbons (Fsp3) is 0.429. The number of rotatable bonds is 10. The number of β-amino-alcohol motifs (C(OH)–C–C–N with tert-alkyl or cyclic N) is 1. The highest BCUT2D eigenvalue weighted by Crippen LogP contribution is 2.44. The van der Waals surface area contributed by atoms with Gasteiger partial charge in [0.15, 0.2) is 11.7 Å². The Morgan fingerprint density at radius 3 is 2.49 bits per heavy atom. The monoisotopic (exact) mass is 580 g/mol. The van der Waals surface area contributed by atoms with Crippen LogP contribution >= 0.6 is 0 Å². The van der Waals surface area contributed by atoms with Crippen LogP contribution in [-0.2, 0) is 25.2 Å². The summed E-state index contributed by atoms with van der Waals surface area (Å²) in [6.45, 7) is -0.611. The SMILES string of the molecule is COCC1(COC)CC(=CC(=O)Nc2ccc3c(c2)N(CCO)C(=O)C(CCO)O3)c2ccc(C(F)(F)F)cc2O1. The van der Waals surface area contributed by atoms with E-state index in [4.69, 9.17) is 18.9 Å². The highest BCUT2D eigenvalue weighted by molar-refractivity contribution is 6.06. The van der Waals surface area contributed by atoms with Crippen molar-refractivity contribution in [3.05, 3.63) is 53.6 Å². The highest BCUT2D eigenvalue weighted by Gasteiger charge is 2.41. The molecule has 222 valence electrons. The molecule has 2 aromatic carbocycles. The number of nitrogens with one attached hydrogen (secondary N) is 1. The molecule has 0 spiro atoms. The lowest BCUT2D eigenvalue weighted by Gasteiger charge is -2.39. The first kappa shape index (κ1) is 30.3. The summed E-state index contributed by atoms with van der Waals surface area (Å²) in [7, 11) is 2.85. The van der Waals surface area contributed by atoms with E-state index in [-0.39, 0.29) is 51.6 Å². The Kier molecular flexibility index (Phi) is 9.22. The molecule has 1 atom stereocenters. The molecule has 10 nitrogen and oxygen atoms in total. The Hall–Kier alpha value is -3.65. The number of ether oxygens (including phenoxy) is 4. The molecule has 13 heteroatoms. The van der Waals surface area contributed by atoms with Crippen molar-refractivity contribution >= 4 is 28.8 Å². The summed E-state index contributed by atoms with van der Waals surface area (Å²) in [6.07, 6.45) is -4.03. The number of amides is 2. The second kappa shape index (κ2) is 12.5. The standard InChI is InChI=1S/C28H31F3N2O8/c1-38-15-27(16-39-2)14-17(20-5-3-18(28(29,30)31)12-24(20)41-27)11-25(36)32-19-4-6-22-21(13-19)33(8-10-35)26(37)23(40-22)7-9-34/h3-6,11-13,23,34-35H,7-10,14-16H2,1-2H3,(H,32,36). The minimum absolute atomic E-state index is 0.00764. The van der Waals surface area contributed by atoms with Crippen LogP contribution in [0, 0.1) is 0 Å². The van der Waals surface area contributed by atoms with Gasteiger partial charge in [-0.1, -0.05) is 6.07 Å². The number of fused-ring (bicyclic) bond motifs is 2. The normalized spacial score (nSPS) is 18.8. The number of aliphatic hydroxyl groups is 2. The molecule has 1 unspecified atom stereocenters. The van der Waals surface area contributed by atoms with E-state index >= 15 is 0 Å². The molecule has 2 aliphatic rings. The van der Waals surface area contributed by atoms with Gasteiger partial charge in [0.1, 0.15) is 11.5 Å². The van der Waals surface area contributed by atoms with Crippen molar-refractivity contribution in [1.29, 1.82) is 0 Å². The van der Waals surface area contributed by atoms with Gasteiger partial charge < -0.3 is 39.4 Å². The second-order valence-corrected chi connectivity index (χ2v) is 9.71. The van der Waals surface area contributed by atoms with Crippen molar-refractivity contribution in [2.24, 2.45) is 0 Å². The summed E-state index contributed by atoms with van der Waals surface area (Å²) in [5.41, 5.74) is -0.692. The molecule has 41 heavy (non-hydrogen) atoms. The lowest BCUT2D eigenvalue weighted by Crippen LogP contribution is -2.47. The number of anilines is 2. The fourth-order valence-electron chi connectivity index (χ4n) is 4.99. The predicted molar refractivity (Wildman–Crippen MR) is 142 cm³/mol. The Balaban J connectivity index is 1.66. The third kappa shape index (κ3) is 6.64. The molecule has 0 fully saturated rings. The van der Waals surface area contributed by atoms with Crippen molar-refractivity contribution in [1.82, 2.24) is 0 Å². The predicted octanol–water partition coefficient (Wildman–Crippen LogP) is 3.01. The molecule has 2 amide bonds. The third-order valence-electron chi connectivity index (χ3n) is 6.66. The minimum Gasteiger partial charge on any atom is -0.481 e. The van der Waals surface area contributed by atoms with Crippen molar-refractivity contribution in [3.8, 4) is 11.5 Å². The van der Waals surface area contributed by atoms with Crippen LogP contribution in [0.25, 0.3) is 5.57 Å². The number of aliphatic hydroxyl groups excluding tert-OH is 2. The average Bonchev–Trinajstić information content (AvgIpc) is 2.91. The fourth-order valence-corrected chi connectivity index (χ4v) is 4.99. The molecule has 0 bridgehead atoms. The summed E-state index contributed by atoms with van der Waals surface area (Å²) < 4.78 is 62.6. The maximum atomic E-state index is 13.4. The number of alkyl halides is 3. The zero-order valence-corrected chi connectivity index (χ0v) is 22.5. The Labute approximate surface area is 234 Å². The van der Waals surface area contributed by atoms with E-state index in [0.717, 1.165) is 12.1 Å². The lowest BCUT2D eigenvalue weighted by molar-refractivity contribution is -0.138. The van der Waals surface area contributed by atoms with Crippen LogP contribution in [0.3, 0.4) is 0 Å². The molecule has 4 rings (SSSR count). The molecular formula is C28H31F3N2O8. The average molecular weight is 581 g/mol. The van der Waals surface area contributed by atoms with Crippen molar-refractivity contribution in [2.45, 2.75) is 30.7 Å². The Morgan fingerprint density at radius 1 is 1.12 bits per heavy atom. The molecule has 0 radical (unpaired) electrons. The first-order valence-corrected chi connectivity index (χ1v) is 12.8. The van der Waals surface area contributed by atoms with E-state index in [2.05, 4.69) is 5.32 Å². The second-order valence-electron chi connectivity index (χ2n) is 9.71. The molecule has 2 heterocycles. The van der Waals surface area contributed by atoms with Crippen LogP contribution in [0.1, 0.15) is 24.0 Å². The number of carbonyl (C=O) groups excluding carboxylic acids is 2. The number of benzene rings is 2. The van der Waals surface area contributed by atoms with Crippen molar-refractivity contribution in [3.63, 3.8) is 0 Å². The molecule has 0 saturated carbocycles. The van der Waals surface area contributed by atoms with Crippen LogP contribution in [-0.4, -0.2) is 80.9 Å². The molecular weight excluding hydrogens is 549 g/mol. The maximum Gasteiger partial charge on any atom is 0.416 e. The summed E-state index contributed by atoms with van der Waals surface area (Å²) in [5, 5.41) is 21.5. The summed E-state index contributed by atoms with van der Waals surface area (Å²) in [6, 6.07) is 7.71. The molecule has 3 N–H and O–H groups in total. The van der Waals surface area contributed by atoms with Gasteiger partial charge in [-0.25, -0.2) is 0 Å². The van der Waals surface area contributed by atoms with E-state index in [1.807, 2.05) is 0 Å². The van der Waals surface area contributed by atoms with Crippen LogP contribution in [0.5, 0.6) is 11.5 Å². The largest absolute Gasteiger partial charge is 0.481 e. The topological polar surface area (TPSA) is 127 Å². The number of methoxy groups -OCH3 is 2. The number of hydrogen-bond donors (Lipinski definition) is 3. The highest BCUT2D eigenvalue weighted by atomic mass is 19.4. The third-order valence-corrected chi connectivity index (χ3v) is 6.66. The summed E-state index contributed by atoms with van der Waals surface area (Å²) in [5.74, 6) is -0.724. The number of hydrogen-bond acceptors (Lipinski definition) is 8. The minimum atomic E-state index is -4.60. The van der Waals surface area contributed by atoms with Crippen LogP contribution in [0.2, 0.25) is 0 Å². The number of nitrogens with zero attached hydrogens (tertiary/aromatic N) is 1. The van der Waals surface area contributed by atoms with Gasteiger partial charge in [-0.05, 0) is 35.9 Å². The van der Waals surface area contributed by atoms with Crippen molar-refractivity contribution in [2.75, 3.05) is 57.4 Å². The first-order chi connectivity index (χ1) is 19.5. The van der Waals surface area contributed by atoms with Gasteiger partial charge in [-0.15, -0.1) is 0 Å². The van der Waals surface area contributed by atoms with E-state index in [1.165, 1.54) is 37.3 Å². The van der Waals surface area contributed by atoms with Gasteiger partial charge in [0.05, 0.1) is 31.1 Å². The van der Waals surface area contributed by atoms with Gasteiger partial charge in [-0.2, -0.15) is 13.2 Å². The number of halogens is 3. The van der Waals surface area contributed by atoms with Crippen LogP contribution in [0.4, 0.5) is 24.5 Å². The Bertz CT molecular complexity index is 1310. The zero-order valence-electron chi connectivity index (χ0n) is 22.5. The van der Waals surface area contributed by atoms with Crippen LogP contribution < -0.4 is 19.7 Å². The maximum absolute atomic E-state index is 13.4. The zero-order chi connectivity index (χ0) is 29.8. The van der Waals surface area contributed by atoms with Gasteiger partial charge in [0, 0.05) is 57.5 Å². The van der Waals surface area contributed by atoms with Gasteiger partial charge in [0.2, 0.25) is 5.91 Å². The smallest absolute Gasteiger partial charge is 0.416 e. The summed E-state index contributed by atoms with van der Waals surface area (Å²) in [4.78, 5) is 27.3. The first-order valence-electron chi connectivity index (χ1n) is 12.8. The lowest BCUT2D eigenvalue weighted by atomic mass is 9.86. The van der Waals surface area contributed by atoms with E-state index < -0.39 is 35.3 Å². The van der Waals surface area contributed by atoms with E-state index in [1.54, 1.807) is 12.1 Å². The Morgan fingerprint density at radius 2 is 1.85 bits per heavy atom. The molecule has 2 aromatic rings. The molecule has 0 aromatic heterocycles. The van der Waals surface area contributed by atoms with E-state index in [9.17, 15) is 33.0 Å². The van der Waals surface area contributed by atoms with Gasteiger partial charge in [-0.3, -0.25) is 9.59 Å². The summed E-state index contributed by atoms with van der Waals surface area (Å²) >= 11 is 0. The van der Waals surface area contributed by atoms with E-state index in [0.29, 0.717) is 28.3 Å². The van der Waals surface area contributed by atoms with Gasteiger partial charge in [0.25, 0.3) is 5.91 Å². The quantitative estimate of drug-likeness (QED) is 0.366. The van der Waals surface area contributed by atoms with Gasteiger partial charge >= 0.3 is 6.18 Å².